The summed E-state index contributed by atoms with van der Waals surface area (Å²) in [6.45, 7) is 3.23. The van der Waals surface area contributed by atoms with Gasteiger partial charge in [0.15, 0.2) is 0 Å². The summed E-state index contributed by atoms with van der Waals surface area (Å²) in [5, 5.41) is 0. The molecule has 0 aromatic heterocycles. The summed E-state index contributed by atoms with van der Waals surface area (Å²) < 4.78 is 5.62. The highest BCUT2D eigenvalue weighted by Crippen LogP contribution is 2.37. The number of fused-ring (bicyclic) bond motifs is 1. The van der Waals surface area contributed by atoms with Crippen molar-refractivity contribution in [2.24, 2.45) is 0 Å². The Morgan fingerprint density at radius 2 is 1.48 bits per heavy atom. The average Bonchev–Trinajstić information content (AvgIpc) is 3.20. The highest BCUT2D eigenvalue weighted by atomic mass is 16.5. The van der Waals surface area contributed by atoms with E-state index in [4.69, 9.17) is 4.74 Å². The fraction of sp³-hybridized carbons (Fsp3) is 0.308. The van der Waals surface area contributed by atoms with Crippen LogP contribution in [-0.4, -0.2) is 6.61 Å². The van der Waals surface area contributed by atoms with Gasteiger partial charge in [-0.3, -0.25) is 0 Å². The van der Waals surface area contributed by atoms with Crippen LogP contribution in [0.4, 0.5) is 0 Å². The van der Waals surface area contributed by atoms with Crippen molar-refractivity contribution in [2.45, 2.75) is 44.4 Å². The first-order chi connectivity index (χ1) is 13.3. The first kappa shape index (κ1) is 17.9. The third kappa shape index (κ3) is 3.93. The van der Waals surface area contributed by atoms with E-state index in [2.05, 4.69) is 85.8 Å². The predicted molar refractivity (Wildman–Crippen MR) is 113 cm³/mol. The molecule has 0 unspecified atom stereocenters. The Morgan fingerprint density at radius 3 is 2.15 bits per heavy atom. The second kappa shape index (κ2) is 8.00. The molecule has 1 heteroatoms. The molecule has 1 nitrogen and oxygen atoms in total. The highest BCUT2D eigenvalue weighted by molar-refractivity contribution is 5.40. The molecule has 0 saturated carbocycles. The van der Waals surface area contributed by atoms with E-state index in [1.807, 2.05) is 0 Å². The fourth-order valence-corrected chi connectivity index (χ4v) is 4.27. The van der Waals surface area contributed by atoms with Gasteiger partial charge in [-0.05, 0) is 47.6 Å². The van der Waals surface area contributed by atoms with Crippen molar-refractivity contribution in [3.05, 3.63) is 101 Å². The molecule has 1 heterocycles. The topological polar surface area (TPSA) is 9.23 Å². The van der Waals surface area contributed by atoms with Crippen molar-refractivity contribution in [1.29, 1.82) is 0 Å². The molecule has 0 N–H and O–H groups in total. The van der Waals surface area contributed by atoms with Crippen LogP contribution in [0, 0.1) is 0 Å². The largest absolute Gasteiger partial charge is 0.493 e. The minimum Gasteiger partial charge on any atom is -0.493 e. The summed E-state index contributed by atoms with van der Waals surface area (Å²) in [6.07, 6.45) is 5.80. The Morgan fingerprint density at radius 1 is 0.815 bits per heavy atom. The van der Waals surface area contributed by atoms with E-state index in [9.17, 15) is 0 Å². The molecule has 0 amide bonds. The van der Waals surface area contributed by atoms with Crippen LogP contribution >= 0.6 is 0 Å². The second-order valence-electron chi connectivity index (χ2n) is 7.81. The van der Waals surface area contributed by atoms with E-state index >= 15 is 0 Å². The van der Waals surface area contributed by atoms with Crippen LogP contribution in [-0.2, 0) is 18.3 Å². The molecule has 0 atom stereocenters. The summed E-state index contributed by atoms with van der Waals surface area (Å²) in [5.74, 6) is 1.08. The monoisotopic (exact) mass is 356 g/mol. The molecule has 0 saturated heterocycles. The molecule has 0 fully saturated rings. The first-order valence-electron chi connectivity index (χ1n) is 10.1. The summed E-state index contributed by atoms with van der Waals surface area (Å²) in [7, 11) is 0. The smallest absolute Gasteiger partial charge is 0.122 e. The molecule has 27 heavy (non-hydrogen) atoms. The van der Waals surface area contributed by atoms with Gasteiger partial charge in [0.25, 0.3) is 0 Å². The lowest BCUT2D eigenvalue weighted by atomic mass is 9.72. The van der Waals surface area contributed by atoms with Gasteiger partial charge in [0.05, 0.1) is 6.61 Å². The Labute approximate surface area is 163 Å². The van der Waals surface area contributed by atoms with Crippen LogP contribution in [0.1, 0.15) is 48.4 Å². The van der Waals surface area contributed by atoms with Gasteiger partial charge in [0.1, 0.15) is 5.75 Å². The van der Waals surface area contributed by atoms with Crippen molar-refractivity contribution >= 4 is 0 Å². The van der Waals surface area contributed by atoms with E-state index in [0.717, 1.165) is 31.6 Å². The van der Waals surface area contributed by atoms with Gasteiger partial charge in [0, 0.05) is 11.8 Å². The van der Waals surface area contributed by atoms with E-state index in [0.29, 0.717) is 0 Å². The van der Waals surface area contributed by atoms with Crippen LogP contribution in [0.25, 0.3) is 0 Å². The number of hydrogen-bond donors (Lipinski definition) is 0. The Balaban J connectivity index is 1.43. The molecule has 0 bridgehead atoms. The lowest BCUT2D eigenvalue weighted by molar-refractivity contribution is 0.357. The molecular formula is C26H28O. The molecule has 3 aromatic rings. The van der Waals surface area contributed by atoms with Crippen molar-refractivity contribution in [1.82, 2.24) is 0 Å². The van der Waals surface area contributed by atoms with E-state index in [-0.39, 0.29) is 5.41 Å². The Hall–Kier alpha value is -2.54. The van der Waals surface area contributed by atoms with Crippen LogP contribution in [0.3, 0.4) is 0 Å². The van der Waals surface area contributed by atoms with Crippen molar-refractivity contribution < 1.29 is 4.74 Å². The van der Waals surface area contributed by atoms with Gasteiger partial charge in [-0.2, -0.15) is 0 Å². The third-order valence-corrected chi connectivity index (χ3v) is 5.97. The molecule has 138 valence electrons. The number of rotatable bonds is 7. The SMILES string of the molecule is CC(CCCCc1ccc2c(c1)CCO2)(c1ccccc1)c1ccccc1. The minimum absolute atomic E-state index is 0.0638. The van der Waals surface area contributed by atoms with Gasteiger partial charge in [0.2, 0.25) is 0 Å². The maximum Gasteiger partial charge on any atom is 0.122 e. The zero-order valence-corrected chi connectivity index (χ0v) is 16.2. The number of unbranched alkanes of at least 4 members (excludes halogenated alkanes) is 1. The zero-order valence-electron chi connectivity index (χ0n) is 16.2. The number of hydrogen-bond acceptors (Lipinski definition) is 1. The first-order valence-corrected chi connectivity index (χ1v) is 10.1. The van der Waals surface area contributed by atoms with Crippen LogP contribution in [0.15, 0.2) is 78.9 Å². The Kier molecular flexibility index (Phi) is 5.29. The normalized spacial score (nSPS) is 13.2. The van der Waals surface area contributed by atoms with Gasteiger partial charge in [-0.1, -0.05) is 86.1 Å². The summed E-state index contributed by atoms with van der Waals surface area (Å²) >= 11 is 0. The van der Waals surface area contributed by atoms with E-state index in [1.54, 1.807) is 0 Å². The van der Waals surface area contributed by atoms with Crippen LogP contribution in [0.2, 0.25) is 0 Å². The number of aryl methyl sites for hydroxylation is 1. The summed E-state index contributed by atoms with van der Waals surface area (Å²) in [4.78, 5) is 0. The van der Waals surface area contributed by atoms with Gasteiger partial charge in [-0.25, -0.2) is 0 Å². The average molecular weight is 357 g/mol. The second-order valence-corrected chi connectivity index (χ2v) is 7.81. The molecule has 0 spiro atoms. The quantitative estimate of drug-likeness (QED) is 0.449. The summed E-state index contributed by atoms with van der Waals surface area (Å²) in [6, 6.07) is 28.6. The molecule has 1 aliphatic heterocycles. The Bertz CT molecular complexity index is 828. The van der Waals surface area contributed by atoms with Gasteiger partial charge in [-0.15, -0.1) is 0 Å². The van der Waals surface area contributed by atoms with E-state index < -0.39 is 0 Å². The molecule has 3 aromatic carbocycles. The minimum atomic E-state index is 0.0638. The maximum absolute atomic E-state index is 5.62. The lowest BCUT2D eigenvalue weighted by Gasteiger charge is -2.31. The van der Waals surface area contributed by atoms with Crippen molar-refractivity contribution in [3.8, 4) is 5.75 Å². The predicted octanol–water partition coefficient (Wildman–Crippen LogP) is 6.34. The third-order valence-electron chi connectivity index (χ3n) is 5.97. The maximum atomic E-state index is 5.62. The zero-order chi connectivity index (χ0) is 18.5. The molecule has 1 aliphatic rings. The molecule has 0 aliphatic carbocycles. The number of ether oxygens (including phenoxy) is 1. The van der Waals surface area contributed by atoms with E-state index in [1.165, 1.54) is 35.1 Å². The van der Waals surface area contributed by atoms with Crippen LogP contribution < -0.4 is 4.74 Å². The number of benzene rings is 3. The van der Waals surface area contributed by atoms with Crippen molar-refractivity contribution in [3.63, 3.8) is 0 Å². The molecular weight excluding hydrogens is 328 g/mol. The standard InChI is InChI=1S/C26H28O/c1-26(23-11-4-2-5-12-23,24-13-6-3-7-14-24)18-9-8-10-21-15-16-25-22(20-21)17-19-27-25/h2-7,11-16,20H,8-10,17-19H2,1H3. The fourth-order valence-electron chi connectivity index (χ4n) is 4.27. The van der Waals surface area contributed by atoms with Crippen molar-refractivity contribution in [2.75, 3.05) is 6.61 Å². The van der Waals surface area contributed by atoms with Gasteiger partial charge < -0.3 is 4.74 Å². The summed E-state index contributed by atoms with van der Waals surface area (Å²) in [5.41, 5.74) is 5.71. The molecule has 0 radical (unpaired) electrons. The van der Waals surface area contributed by atoms with Crippen LogP contribution in [0.5, 0.6) is 5.75 Å². The highest BCUT2D eigenvalue weighted by Gasteiger charge is 2.28. The molecule has 4 rings (SSSR count). The van der Waals surface area contributed by atoms with Gasteiger partial charge >= 0.3 is 0 Å². The lowest BCUT2D eigenvalue weighted by Crippen LogP contribution is -2.23.